The van der Waals surface area contributed by atoms with Gasteiger partial charge in [-0.25, -0.2) is 0 Å². The molecule has 2 rings (SSSR count). The van der Waals surface area contributed by atoms with Crippen LogP contribution in [-0.4, -0.2) is 6.10 Å². The highest BCUT2D eigenvalue weighted by Crippen LogP contribution is 2.39. The number of benzene rings is 1. The summed E-state index contributed by atoms with van der Waals surface area (Å²) in [5.74, 6) is 8.09. The zero-order chi connectivity index (χ0) is 13.8. The van der Waals surface area contributed by atoms with Crippen molar-refractivity contribution in [2.45, 2.75) is 52.2 Å². The number of nitrogens with two attached hydrogens (primary N) is 1. The Kier molecular flexibility index (Phi) is 4.83. The zero-order valence-corrected chi connectivity index (χ0v) is 12.2. The molecule has 3 nitrogen and oxygen atoms in total. The Bertz CT molecular complexity index is 388. The van der Waals surface area contributed by atoms with Gasteiger partial charge in [-0.3, -0.25) is 11.3 Å². The summed E-state index contributed by atoms with van der Waals surface area (Å²) in [6.45, 7) is 6.41. The van der Waals surface area contributed by atoms with E-state index in [9.17, 15) is 0 Å². The first-order valence-corrected chi connectivity index (χ1v) is 7.34. The fraction of sp³-hybridized carbons (Fsp3) is 0.625. The zero-order valence-electron chi connectivity index (χ0n) is 12.2. The van der Waals surface area contributed by atoms with E-state index in [2.05, 4.69) is 24.5 Å². The standard InChI is InChI=1S/C16H26N2O/c1-11(2)19-14-9-7-13(8-10-14)16(18-17)15-6-4-5-12(15)3/h7-12,15-16,18H,4-6,17H2,1-3H3. The van der Waals surface area contributed by atoms with E-state index < -0.39 is 0 Å². The number of nitrogens with one attached hydrogen (secondary N) is 1. The van der Waals surface area contributed by atoms with Gasteiger partial charge in [0, 0.05) is 6.04 Å². The predicted molar refractivity (Wildman–Crippen MR) is 78.8 cm³/mol. The van der Waals surface area contributed by atoms with Gasteiger partial charge in [0.2, 0.25) is 0 Å². The summed E-state index contributed by atoms with van der Waals surface area (Å²) in [5.41, 5.74) is 4.27. The second kappa shape index (κ2) is 6.40. The molecule has 3 N–H and O–H groups in total. The van der Waals surface area contributed by atoms with Crippen LogP contribution in [0.25, 0.3) is 0 Å². The van der Waals surface area contributed by atoms with Crippen LogP contribution in [0.2, 0.25) is 0 Å². The molecular formula is C16H26N2O. The average molecular weight is 262 g/mol. The van der Waals surface area contributed by atoms with Crippen LogP contribution >= 0.6 is 0 Å². The highest BCUT2D eigenvalue weighted by molar-refractivity contribution is 5.30. The molecule has 1 aliphatic carbocycles. The van der Waals surface area contributed by atoms with Gasteiger partial charge in [-0.05, 0) is 49.8 Å². The molecule has 1 saturated carbocycles. The smallest absolute Gasteiger partial charge is 0.119 e. The summed E-state index contributed by atoms with van der Waals surface area (Å²) in [7, 11) is 0. The molecule has 0 heterocycles. The maximum absolute atomic E-state index is 5.78. The van der Waals surface area contributed by atoms with Crippen molar-refractivity contribution in [2.24, 2.45) is 17.7 Å². The Morgan fingerprint density at radius 1 is 1.21 bits per heavy atom. The molecule has 106 valence electrons. The minimum Gasteiger partial charge on any atom is -0.491 e. The van der Waals surface area contributed by atoms with Crippen molar-refractivity contribution in [3.8, 4) is 5.75 Å². The molecule has 0 bridgehead atoms. The first-order chi connectivity index (χ1) is 9.11. The first-order valence-electron chi connectivity index (χ1n) is 7.34. The molecule has 1 aromatic rings. The van der Waals surface area contributed by atoms with Gasteiger partial charge in [0.05, 0.1) is 6.10 Å². The molecule has 1 aromatic carbocycles. The van der Waals surface area contributed by atoms with Crippen molar-refractivity contribution in [1.82, 2.24) is 5.43 Å². The van der Waals surface area contributed by atoms with E-state index in [1.807, 2.05) is 26.0 Å². The van der Waals surface area contributed by atoms with Gasteiger partial charge >= 0.3 is 0 Å². The number of hydrazine groups is 1. The van der Waals surface area contributed by atoms with Gasteiger partial charge < -0.3 is 4.74 Å². The van der Waals surface area contributed by atoms with Gasteiger partial charge in [0.25, 0.3) is 0 Å². The fourth-order valence-electron chi connectivity index (χ4n) is 3.16. The van der Waals surface area contributed by atoms with Crippen LogP contribution in [0.15, 0.2) is 24.3 Å². The number of hydrogen-bond donors (Lipinski definition) is 2. The third kappa shape index (κ3) is 3.48. The Balaban J connectivity index is 2.10. The average Bonchev–Trinajstić information content (AvgIpc) is 2.78. The van der Waals surface area contributed by atoms with E-state index in [4.69, 9.17) is 10.6 Å². The molecule has 0 saturated heterocycles. The third-order valence-corrected chi connectivity index (χ3v) is 4.15. The summed E-state index contributed by atoms with van der Waals surface area (Å²) < 4.78 is 5.68. The Morgan fingerprint density at radius 2 is 1.89 bits per heavy atom. The largest absolute Gasteiger partial charge is 0.491 e. The monoisotopic (exact) mass is 262 g/mol. The van der Waals surface area contributed by atoms with Crippen LogP contribution in [0.3, 0.4) is 0 Å². The lowest BCUT2D eigenvalue weighted by molar-refractivity contribution is 0.242. The van der Waals surface area contributed by atoms with Crippen molar-refractivity contribution in [3.63, 3.8) is 0 Å². The highest BCUT2D eigenvalue weighted by atomic mass is 16.5. The molecular weight excluding hydrogens is 236 g/mol. The van der Waals surface area contributed by atoms with E-state index in [0.29, 0.717) is 5.92 Å². The van der Waals surface area contributed by atoms with Crippen molar-refractivity contribution >= 4 is 0 Å². The lowest BCUT2D eigenvalue weighted by atomic mass is 9.86. The highest BCUT2D eigenvalue weighted by Gasteiger charge is 2.31. The summed E-state index contributed by atoms with van der Waals surface area (Å²) in [4.78, 5) is 0. The Morgan fingerprint density at radius 3 is 2.37 bits per heavy atom. The van der Waals surface area contributed by atoms with E-state index in [-0.39, 0.29) is 12.1 Å². The number of ether oxygens (including phenoxy) is 1. The summed E-state index contributed by atoms with van der Waals surface area (Å²) >= 11 is 0. The third-order valence-electron chi connectivity index (χ3n) is 4.15. The molecule has 3 heteroatoms. The molecule has 19 heavy (non-hydrogen) atoms. The minimum absolute atomic E-state index is 0.212. The van der Waals surface area contributed by atoms with Gasteiger partial charge in [0.15, 0.2) is 0 Å². The van der Waals surface area contributed by atoms with Crippen LogP contribution in [-0.2, 0) is 0 Å². The van der Waals surface area contributed by atoms with Crippen molar-refractivity contribution in [3.05, 3.63) is 29.8 Å². The van der Waals surface area contributed by atoms with Gasteiger partial charge in [-0.15, -0.1) is 0 Å². The van der Waals surface area contributed by atoms with Gasteiger partial charge in [-0.2, -0.15) is 0 Å². The minimum atomic E-state index is 0.212. The second-order valence-corrected chi connectivity index (χ2v) is 5.95. The first kappa shape index (κ1) is 14.4. The molecule has 1 aliphatic rings. The molecule has 0 amide bonds. The van der Waals surface area contributed by atoms with Crippen LogP contribution < -0.4 is 16.0 Å². The molecule has 0 radical (unpaired) electrons. The van der Waals surface area contributed by atoms with Crippen LogP contribution in [0.1, 0.15) is 51.6 Å². The van der Waals surface area contributed by atoms with E-state index in [1.54, 1.807) is 0 Å². The maximum Gasteiger partial charge on any atom is 0.119 e. The molecule has 3 unspecified atom stereocenters. The second-order valence-electron chi connectivity index (χ2n) is 5.95. The summed E-state index contributed by atoms with van der Waals surface area (Å²) in [6, 6.07) is 8.60. The SMILES string of the molecule is CC(C)Oc1ccc(C(NN)C2CCCC2C)cc1. The molecule has 0 aliphatic heterocycles. The maximum atomic E-state index is 5.78. The van der Waals surface area contributed by atoms with Crippen molar-refractivity contribution in [2.75, 3.05) is 0 Å². The Hall–Kier alpha value is -1.06. The predicted octanol–water partition coefficient (Wildman–Crippen LogP) is 3.41. The summed E-state index contributed by atoms with van der Waals surface area (Å²) in [6.07, 6.45) is 4.11. The quantitative estimate of drug-likeness (QED) is 0.631. The molecule has 1 fully saturated rings. The van der Waals surface area contributed by atoms with Crippen molar-refractivity contribution in [1.29, 1.82) is 0 Å². The molecule has 3 atom stereocenters. The van der Waals surface area contributed by atoms with E-state index >= 15 is 0 Å². The topological polar surface area (TPSA) is 47.3 Å². The van der Waals surface area contributed by atoms with Gasteiger partial charge in [0.1, 0.15) is 5.75 Å². The fourth-order valence-corrected chi connectivity index (χ4v) is 3.16. The molecule has 0 aromatic heterocycles. The van der Waals surface area contributed by atoms with Gasteiger partial charge in [-0.1, -0.05) is 31.9 Å². The lowest BCUT2D eigenvalue weighted by Crippen LogP contribution is -2.34. The van der Waals surface area contributed by atoms with Crippen LogP contribution in [0.4, 0.5) is 0 Å². The van der Waals surface area contributed by atoms with E-state index in [1.165, 1.54) is 24.8 Å². The lowest BCUT2D eigenvalue weighted by Gasteiger charge is -2.27. The number of hydrogen-bond acceptors (Lipinski definition) is 3. The Labute approximate surface area is 116 Å². The van der Waals surface area contributed by atoms with Crippen LogP contribution in [0.5, 0.6) is 5.75 Å². The normalized spacial score (nSPS) is 24.7. The molecule has 0 spiro atoms. The van der Waals surface area contributed by atoms with Crippen molar-refractivity contribution < 1.29 is 4.74 Å². The van der Waals surface area contributed by atoms with Crippen LogP contribution in [0, 0.1) is 11.8 Å². The van der Waals surface area contributed by atoms with E-state index in [0.717, 1.165) is 11.7 Å². The number of rotatable bonds is 5. The summed E-state index contributed by atoms with van der Waals surface area (Å²) in [5, 5.41) is 0.